The first-order valence-corrected chi connectivity index (χ1v) is 11.4. The fourth-order valence-corrected chi connectivity index (χ4v) is 4.85. The second-order valence-electron chi connectivity index (χ2n) is 9.12. The Morgan fingerprint density at radius 3 is 2.71 bits per heavy atom. The second-order valence-corrected chi connectivity index (χ2v) is 9.12. The number of benzene rings is 1. The van der Waals surface area contributed by atoms with Crippen molar-refractivity contribution in [1.29, 1.82) is 5.53 Å². The van der Waals surface area contributed by atoms with Crippen molar-refractivity contribution in [3.63, 3.8) is 0 Å². The molecule has 0 atom stereocenters. The molecule has 0 radical (unpaired) electrons. The minimum absolute atomic E-state index is 0.162. The summed E-state index contributed by atoms with van der Waals surface area (Å²) in [5.74, 6) is -0.0588. The molecule has 12 heteroatoms. The number of halogens is 3. The number of fused-ring (bicyclic) bond motifs is 1. The number of nitrogens with zero attached hydrogens (tertiary/aromatic N) is 4. The maximum atomic E-state index is 15.2. The molecule has 0 bridgehead atoms. The Morgan fingerprint density at radius 2 is 2.09 bits per heavy atom. The summed E-state index contributed by atoms with van der Waals surface area (Å²) in [7, 11) is 1.44. The molecule has 9 nitrogen and oxygen atoms in total. The molecular formula is C23H26F3N7O2. The summed E-state index contributed by atoms with van der Waals surface area (Å²) in [6.45, 7) is 1.04. The maximum Gasteiger partial charge on any atom is 0.255 e. The highest BCUT2D eigenvalue weighted by Gasteiger charge is 2.41. The average Bonchev–Trinajstić information content (AvgIpc) is 3.17. The van der Waals surface area contributed by atoms with Crippen LogP contribution in [0.2, 0.25) is 0 Å². The zero-order valence-corrected chi connectivity index (χ0v) is 19.2. The van der Waals surface area contributed by atoms with Gasteiger partial charge in [-0.2, -0.15) is 10.1 Å². The van der Waals surface area contributed by atoms with Gasteiger partial charge < -0.3 is 20.1 Å². The smallest absolute Gasteiger partial charge is 0.255 e. The maximum absolute atomic E-state index is 15.2. The molecule has 1 saturated heterocycles. The molecule has 1 saturated carbocycles. The Labute approximate surface area is 199 Å². The highest BCUT2D eigenvalue weighted by molar-refractivity contribution is 5.88. The molecule has 186 valence electrons. The molecule has 1 aliphatic carbocycles. The summed E-state index contributed by atoms with van der Waals surface area (Å²) in [5, 5.41) is 13.7. The molecule has 1 aromatic carbocycles. The molecule has 2 fully saturated rings. The van der Waals surface area contributed by atoms with Gasteiger partial charge in [-0.1, -0.05) is 6.07 Å². The molecule has 0 amide bonds. The van der Waals surface area contributed by atoms with E-state index in [9.17, 15) is 8.78 Å². The first kappa shape index (κ1) is 23.3. The summed E-state index contributed by atoms with van der Waals surface area (Å²) < 4.78 is 52.9. The van der Waals surface area contributed by atoms with E-state index in [1.54, 1.807) is 6.07 Å². The van der Waals surface area contributed by atoms with Crippen LogP contribution in [0.3, 0.4) is 0 Å². The van der Waals surface area contributed by atoms with E-state index in [4.69, 9.17) is 15.0 Å². The lowest BCUT2D eigenvalue weighted by molar-refractivity contribution is -0.131. The lowest BCUT2D eigenvalue weighted by Gasteiger charge is -2.46. The summed E-state index contributed by atoms with van der Waals surface area (Å²) in [4.78, 5) is 4.48. The summed E-state index contributed by atoms with van der Waals surface area (Å²) >= 11 is 0. The van der Waals surface area contributed by atoms with Crippen LogP contribution in [0.4, 0.5) is 30.5 Å². The van der Waals surface area contributed by atoms with Gasteiger partial charge in [0.2, 0.25) is 11.8 Å². The van der Waals surface area contributed by atoms with Gasteiger partial charge in [0.15, 0.2) is 5.82 Å². The lowest BCUT2D eigenvalue weighted by atomic mass is 9.71. The second kappa shape index (κ2) is 9.33. The molecule has 1 spiro atoms. The van der Waals surface area contributed by atoms with Crippen molar-refractivity contribution < 1.29 is 22.6 Å². The minimum atomic E-state index is -2.60. The zero-order valence-electron chi connectivity index (χ0n) is 19.2. The number of ether oxygens (including phenoxy) is 2. The van der Waals surface area contributed by atoms with Crippen LogP contribution in [0.25, 0.3) is 16.6 Å². The predicted molar refractivity (Wildman–Crippen MR) is 123 cm³/mol. The quantitative estimate of drug-likeness (QED) is 0.373. The van der Waals surface area contributed by atoms with Crippen LogP contribution in [-0.2, 0) is 4.74 Å². The van der Waals surface area contributed by atoms with Gasteiger partial charge >= 0.3 is 0 Å². The highest BCUT2D eigenvalue weighted by atomic mass is 19.3. The minimum Gasteiger partial charge on any atom is -0.479 e. The van der Waals surface area contributed by atoms with Crippen molar-refractivity contribution in [3.8, 4) is 17.0 Å². The third kappa shape index (κ3) is 4.49. The molecule has 2 aliphatic rings. The number of anilines is 2. The average molecular weight is 490 g/mol. The van der Waals surface area contributed by atoms with Crippen molar-refractivity contribution in [2.45, 2.75) is 38.2 Å². The van der Waals surface area contributed by atoms with Gasteiger partial charge in [-0.15, -0.1) is 5.10 Å². The summed E-state index contributed by atoms with van der Waals surface area (Å²) in [5.41, 5.74) is 8.82. The normalized spacial score (nSPS) is 17.5. The van der Waals surface area contributed by atoms with E-state index >= 15 is 4.39 Å². The number of nitrogens with one attached hydrogen (secondary N) is 3. The molecule has 35 heavy (non-hydrogen) atoms. The van der Waals surface area contributed by atoms with Crippen molar-refractivity contribution in [3.05, 3.63) is 30.2 Å². The molecule has 1 aliphatic heterocycles. The van der Waals surface area contributed by atoms with Crippen LogP contribution < -0.4 is 15.4 Å². The van der Waals surface area contributed by atoms with Crippen LogP contribution in [0.15, 0.2) is 29.5 Å². The monoisotopic (exact) mass is 489 g/mol. The number of methoxy groups -OCH3 is 1. The third-order valence-electron chi connectivity index (χ3n) is 6.79. The molecule has 3 N–H and O–H groups in total. The fourth-order valence-electron chi connectivity index (χ4n) is 4.85. The van der Waals surface area contributed by atoms with Crippen molar-refractivity contribution >= 4 is 22.8 Å². The number of hydrogen-bond acceptors (Lipinski definition) is 8. The van der Waals surface area contributed by atoms with Gasteiger partial charge in [-0.3, -0.25) is 0 Å². The van der Waals surface area contributed by atoms with E-state index in [0.717, 1.165) is 38.9 Å². The first-order chi connectivity index (χ1) is 16.9. The Balaban J connectivity index is 1.46. The van der Waals surface area contributed by atoms with E-state index in [-0.39, 0.29) is 28.9 Å². The number of aromatic nitrogens is 3. The Morgan fingerprint density at radius 1 is 1.31 bits per heavy atom. The van der Waals surface area contributed by atoms with Crippen molar-refractivity contribution in [2.75, 3.05) is 37.5 Å². The van der Waals surface area contributed by atoms with Crippen LogP contribution in [0.5, 0.6) is 5.88 Å². The largest absolute Gasteiger partial charge is 0.479 e. The lowest BCUT2D eigenvalue weighted by Crippen LogP contribution is -2.47. The number of alkyl halides is 2. The zero-order chi connectivity index (χ0) is 24.6. The third-order valence-corrected chi connectivity index (χ3v) is 6.79. The first-order valence-electron chi connectivity index (χ1n) is 11.4. The van der Waals surface area contributed by atoms with E-state index in [0.29, 0.717) is 22.4 Å². The Bertz CT molecular complexity index is 1240. The summed E-state index contributed by atoms with van der Waals surface area (Å²) in [6, 6.07) is 4.70. The highest BCUT2D eigenvalue weighted by Crippen LogP contribution is 2.43. The standard InChI is InChI=1S/C23H26F3N7O2/c1-34-21-20-19(13-2-3-16(31-27)17(8-13)28-9-18(25)26)15(24)10-33(20)32-22(30-21)29-14-4-6-23(7-5-14)11-35-12-23/h2-3,8,10,14,18,27-28H,4-7,9,11-12H2,1H3,(H,29,32). The topological polar surface area (TPSA) is 109 Å². The van der Waals surface area contributed by atoms with Gasteiger partial charge in [0.25, 0.3) is 6.43 Å². The molecule has 0 unspecified atom stereocenters. The predicted octanol–water partition coefficient (Wildman–Crippen LogP) is 5.25. The van der Waals surface area contributed by atoms with Crippen LogP contribution >= 0.6 is 0 Å². The van der Waals surface area contributed by atoms with Crippen molar-refractivity contribution in [2.24, 2.45) is 10.5 Å². The molecular weight excluding hydrogens is 463 g/mol. The van der Waals surface area contributed by atoms with Gasteiger partial charge in [-0.25, -0.2) is 23.2 Å². The van der Waals surface area contributed by atoms with Gasteiger partial charge in [0, 0.05) is 11.5 Å². The SMILES string of the molecule is COc1nc(NC2CCC3(CC2)COC3)nn2cc(F)c(-c3ccc(N=N)c(NCC(F)F)c3)c12. The molecule has 5 rings (SSSR count). The molecule has 2 aromatic heterocycles. The van der Waals surface area contributed by atoms with Crippen LogP contribution in [-0.4, -0.2) is 53.9 Å². The van der Waals surface area contributed by atoms with Crippen molar-refractivity contribution in [1.82, 2.24) is 14.6 Å². The number of rotatable bonds is 8. The van der Waals surface area contributed by atoms with Gasteiger partial charge in [-0.05, 0) is 43.4 Å². The van der Waals surface area contributed by atoms with E-state index in [1.807, 2.05) is 0 Å². The van der Waals surface area contributed by atoms with Gasteiger partial charge in [0.05, 0.1) is 44.3 Å². The van der Waals surface area contributed by atoms with E-state index < -0.39 is 18.8 Å². The molecule has 3 aromatic rings. The summed E-state index contributed by atoms with van der Waals surface area (Å²) in [6.07, 6.45) is 2.74. The Kier molecular flexibility index (Phi) is 6.22. The van der Waals surface area contributed by atoms with Gasteiger partial charge in [0.1, 0.15) is 11.2 Å². The van der Waals surface area contributed by atoms with Crippen LogP contribution in [0, 0.1) is 16.8 Å². The van der Waals surface area contributed by atoms with E-state index in [2.05, 4.69) is 25.8 Å². The Hall–Kier alpha value is -3.41. The number of hydrogen-bond donors (Lipinski definition) is 3. The van der Waals surface area contributed by atoms with E-state index in [1.165, 1.54) is 30.0 Å². The van der Waals surface area contributed by atoms with Crippen LogP contribution in [0.1, 0.15) is 25.7 Å². The molecule has 3 heterocycles. The fraction of sp³-hybridized carbons (Fsp3) is 0.478.